The number of nitrogens with zero attached hydrogens (tertiary/aromatic N) is 3. The maximum atomic E-state index is 12.2. The summed E-state index contributed by atoms with van der Waals surface area (Å²) in [5.41, 5.74) is -2.99. The number of hydrogen-bond acceptors (Lipinski definition) is 3. The van der Waals surface area contributed by atoms with E-state index in [1.807, 2.05) is 0 Å². The highest BCUT2D eigenvalue weighted by molar-refractivity contribution is 9.10. The Bertz CT molecular complexity index is 602. The van der Waals surface area contributed by atoms with Gasteiger partial charge in [0.15, 0.2) is 5.65 Å². The van der Waals surface area contributed by atoms with E-state index in [9.17, 15) is 13.2 Å². The molecular formula is C11H10BrClF3N3S. The van der Waals surface area contributed by atoms with E-state index in [1.54, 1.807) is 16.8 Å². The molecule has 2 aromatic heterocycles. The van der Waals surface area contributed by atoms with E-state index < -0.39 is 5.51 Å². The first-order valence-electron chi connectivity index (χ1n) is 5.68. The van der Waals surface area contributed by atoms with Crippen LogP contribution in [0.4, 0.5) is 13.2 Å². The Morgan fingerprint density at radius 2 is 2.15 bits per heavy atom. The standard InChI is InChI=1S/C11H10BrClF3N3S/c12-7-5-8-10(17-6-7)19(9(18-8)1-2-13)3-4-20-11(14,15)16/h5-6H,1-4H2. The minimum absolute atomic E-state index is 0.0483. The molecule has 0 aliphatic rings. The van der Waals surface area contributed by atoms with Gasteiger partial charge in [0.2, 0.25) is 0 Å². The molecule has 2 rings (SSSR count). The molecule has 0 atom stereocenters. The van der Waals surface area contributed by atoms with Crippen LogP contribution in [0.2, 0.25) is 0 Å². The first-order valence-corrected chi connectivity index (χ1v) is 7.99. The molecule has 110 valence electrons. The lowest BCUT2D eigenvalue weighted by molar-refractivity contribution is -0.0328. The maximum absolute atomic E-state index is 12.2. The second kappa shape index (κ2) is 6.53. The summed E-state index contributed by atoms with van der Waals surface area (Å²) in [5.74, 6) is 0.933. The highest BCUT2D eigenvalue weighted by Crippen LogP contribution is 2.30. The molecule has 0 unspecified atom stereocenters. The highest BCUT2D eigenvalue weighted by Gasteiger charge is 2.27. The maximum Gasteiger partial charge on any atom is 0.441 e. The number of thioether (sulfide) groups is 1. The summed E-state index contributed by atoms with van der Waals surface area (Å²) in [6.07, 6.45) is 2.09. The van der Waals surface area contributed by atoms with Crippen molar-refractivity contribution in [2.75, 3.05) is 11.6 Å². The Kier molecular flexibility index (Phi) is 5.19. The second-order valence-electron chi connectivity index (χ2n) is 3.91. The van der Waals surface area contributed by atoms with Crippen molar-refractivity contribution in [3.8, 4) is 0 Å². The lowest BCUT2D eigenvalue weighted by atomic mass is 10.4. The van der Waals surface area contributed by atoms with E-state index in [2.05, 4.69) is 25.9 Å². The van der Waals surface area contributed by atoms with Crippen LogP contribution in [0, 0.1) is 0 Å². The fourth-order valence-corrected chi connectivity index (χ4v) is 2.79. The highest BCUT2D eigenvalue weighted by atomic mass is 79.9. The number of fused-ring (bicyclic) bond motifs is 1. The number of pyridine rings is 1. The van der Waals surface area contributed by atoms with Crippen molar-refractivity contribution >= 4 is 50.5 Å². The van der Waals surface area contributed by atoms with E-state index >= 15 is 0 Å². The molecule has 9 heteroatoms. The molecule has 0 aliphatic carbocycles. The van der Waals surface area contributed by atoms with Gasteiger partial charge in [-0.3, -0.25) is 0 Å². The number of hydrogen-bond donors (Lipinski definition) is 0. The quantitative estimate of drug-likeness (QED) is 0.718. The smallest absolute Gasteiger partial charge is 0.312 e. The number of aromatic nitrogens is 3. The summed E-state index contributed by atoms with van der Waals surface area (Å²) in [5, 5.41) is 0. The van der Waals surface area contributed by atoms with Gasteiger partial charge in [-0.05, 0) is 33.8 Å². The molecule has 0 spiro atoms. The van der Waals surface area contributed by atoms with Crippen LogP contribution in [-0.4, -0.2) is 31.7 Å². The third kappa shape index (κ3) is 4.02. The molecule has 0 amide bonds. The lowest BCUT2D eigenvalue weighted by Crippen LogP contribution is -2.10. The third-order valence-corrected chi connectivity index (χ3v) is 3.87. The topological polar surface area (TPSA) is 30.7 Å². The van der Waals surface area contributed by atoms with Gasteiger partial charge in [0, 0.05) is 35.3 Å². The fourth-order valence-electron chi connectivity index (χ4n) is 1.80. The van der Waals surface area contributed by atoms with Crippen LogP contribution in [0.15, 0.2) is 16.7 Å². The number of alkyl halides is 4. The summed E-state index contributed by atoms with van der Waals surface area (Å²) >= 11 is 8.95. The van der Waals surface area contributed by atoms with E-state index in [-0.39, 0.29) is 24.1 Å². The zero-order valence-electron chi connectivity index (χ0n) is 10.1. The largest absolute Gasteiger partial charge is 0.441 e. The van der Waals surface area contributed by atoms with Crippen LogP contribution < -0.4 is 0 Å². The van der Waals surface area contributed by atoms with E-state index in [0.717, 1.165) is 4.47 Å². The minimum Gasteiger partial charge on any atom is -0.312 e. The molecule has 0 fully saturated rings. The molecule has 0 bridgehead atoms. The third-order valence-electron chi connectivity index (χ3n) is 2.53. The Morgan fingerprint density at radius 1 is 1.40 bits per heavy atom. The average Bonchev–Trinajstić information content (AvgIpc) is 2.65. The predicted octanol–water partition coefficient (Wildman–Crippen LogP) is 4.23. The van der Waals surface area contributed by atoms with Gasteiger partial charge in [-0.2, -0.15) is 13.2 Å². The number of rotatable bonds is 5. The van der Waals surface area contributed by atoms with E-state index in [1.165, 1.54) is 0 Å². The summed E-state index contributed by atoms with van der Waals surface area (Å²) in [6, 6.07) is 1.79. The monoisotopic (exact) mass is 387 g/mol. The van der Waals surface area contributed by atoms with Crippen LogP contribution in [0.1, 0.15) is 5.82 Å². The van der Waals surface area contributed by atoms with Crippen LogP contribution in [0.5, 0.6) is 0 Å². The van der Waals surface area contributed by atoms with Crippen molar-refractivity contribution in [2.45, 2.75) is 18.5 Å². The van der Waals surface area contributed by atoms with Crippen molar-refractivity contribution in [3.05, 3.63) is 22.6 Å². The summed E-state index contributed by atoms with van der Waals surface area (Å²) in [4.78, 5) is 8.59. The van der Waals surface area contributed by atoms with Crippen LogP contribution >= 0.6 is 39.3 Å². The van der Waals surface area contributed by atoms with Crippen LogP contribution in [0.3, 0.4) is 0 Å². The van der Waals surface area contributed by atoms with Gasteiger partial charge >= 0.3 is 5.51 Å². The fraction of sp³-hybridized carbons (Fsp3) is 0.455. The van der Waals surface area contributed by atoms with Crippen LogP contribution in [-0.2, 0) is 13.0 Å². The molecule has 0 saturated carbocycles. The van der Waals surface area contributed by atoms with Crippen molar-refractivity contribution in [2.24, 2.45) is 0 Å². The lowest BCUT2D eigenvalue weighted by Gasteiger charge is -2.09. The van der Waals surface area contributed by atoms with Gasteiger partial charge in [-0.15, -0.1) is 11.6 Å². The molecule has 2 aromatic rings. The average molecular weight is 389 g/mol. The van der Waals surface area contributed by atoms with Crippen molar-refractivity contribution in [1.82, 2.24) is 14.5 Å². The SMILES string of the molecule is FC(F)(F)SCCn1c(CCCl)nc2cc(Br)cnc21. The molecule has 0 N–H and O–H groups in total. The molecule has 0 aliphatic heterocycles. The minimum atomic E-state index is -4.22. The van der Waals surface area contributed by atoms with E-state index in [0.29, 0.717) is 29.3 Å². The molecule has 0 aromatic carbocycles. The summed E-state index contributed by atoms with van der Waals surface area (Å²) < 4.78 is 39.1. The number of aryl methyl sites for hydroxylation is 2. The normalized spacial score (nSPS) is 12.2. The molecule has 20 heavy (non-hydrogen) atoms. The zero-order chi connectivity index (χ0) is 14.8. The molecule has 0 saturated heterocycles. The first kappa shape index (κ1) is 15.9. The van der Waals surface area contributed by atoms with Gasteiger partial charge in [0.05, 0.1) is 0 Å². The molecular weight excluding hydrogens is 379 g/mol. The Morgan fingerprint density at radius 3 is 2.80 bits per heavy atom. The van der Waals surface area contributed by atoms with Crippen LogP contribution in [0.25, 0.3) is 11.2 Å². The molecule has 3 nitrogen and oxygen atoms in total. The summed E-state index contributed by atoms with van der Waals surface area (Å²) in [7, 11) is 0. The number of imidazole rings is 1. The van der Waals surface area contributed by atoms with Crippen molar-refractivity contribution < 1.29 is 13.2 Å². The number of halogens is 5. The summed E-state index contributed by atoms with van der Waals surface area (Å²) in [6.45, 7) is 0.196. The Hall–Kier alpha value is -0.470. The Balaban J connectivity index is 2.26. The van der Waals surface area contributed by atoms with E-state index in [4.69, 9.17) is 11.6 Å². The van der Waals surface area contributed by atoms with Gasteiger partial charge in [-0.1, -0.05) is 0 Å². The Labute approximate surface area is 131 Å². The molecule has 0 radical (unpaired) electrons. The predicted molar refractivity (Wildman–Crippen MR) is 78.2 cm³/mol. The van der Waals surface area contributed by atoms with Crippen molar-refractivity contribution in [3.63, 3.8) is 0 Å². The van der Waals surface area contributed by atoms with Gasteiger partial charge < -0.3 is 4.57 Å². The van der Waals surface area contributed by atoms with Crippen molar-refractivity contribution in [1.29, 1.82) is 0 Å². The van der Waals surface area contributed by atoms with Gasteiger partial charge in [0.25, 0.3) is 0 Å². The van der Waals surface area contributed by atoms with Gasteiger partial charge in [0.1, 0.15) is 11.3 Å². The van der Waals surface area contributed by atoms with Gasteiger partial charge in [-0.25, -0.2) is 9.97 Å². The zero-order valence-corrected chi connectivity index (χ0v) is 13.3. The first-order chi connectivity index (χ1) is 9.40. The second-order valence-corrected chi connectivity index (χ2v) is 6.36. The molecule has 2 heterocycles.